The van der Waals surface area contributed by atoms with Gasteiger partial charge in [-0.2, -0.15) is 0 Å². The molecule has 2 atom stereocenters. The van der Waals surface area contributed by atoms with Crippen LogP contribution in [0.5, 0.6) is 0 Å². The summed E-state index contributed by atoms with van der Waals surface area (Å²) in [7, 11) is 0. The van der Waals surface area contributed by atoms with Gasteiger partial charge in [-0.3, -0.25) is 4.79 Å². The van der Waals surface area contributed by atoms with Crippen LogP contribution in [0.3, 0.4) is 0 Å². The molecule has 1 fully saturated rings. The molecule has 0 radical (unpaired) electrons. The molecule has 0 saturated carbocycles. The summed E-state index contributed by atoms with van der Waals surface area (Å²) in [6.45, 7) is 2.54. The molecule has 1 N–H and O–H groups in total. The van der Waals surface area contributed by atoms with Crippen molar-refractivity contribution in [3.8, 4) is 0 Å². The smallest absolute Gasteiger partial charge is 0.254 e. The molecule has 1 amide bonds. The van der Waals surface area contributed by atoms with E-state index in [0.29, 0.717) is 17.0 Å². The van der Waals surface area contributed by atoms with Crippen molar-refractivity contribution in [2.24, 2.45) is 0 Å². The normalized spacial score (nSPS) is 21.1. The number of rotatable bonds is 3. The summed E-state index contributed by atoms with van der Waals surface area (Å²) < 4.78 is 0. The molecule has 1 aromatic carbocycles. The summed E-state index contributed by atoms with van der Waals surface area (Å²) in [4.78, 5) is 14.2. The molecule has 3 nitrogen and oxygen atoms in total. The lowest BCUT2D eigenvalue weighted by Gasteiger charge is -2.25. The maximum absolute atomic E-state index is 12.4. The highest BCUT2D eigenvalue weighted by Gasteiger charge is 2.29. The van der Waals surface area contributed by atoms with Crippen LogP contribution < -0.4 is 0 Å². The van der Waals surface area contributed by atoms with Gasteiger partial charge in [-0.25, -0.2) is 0 Å². The maximum Gasteiger partial charge on any atom is 0.254 e. The van der Waals surface area contributed by atoms with Crippen LogP contribution in [0.2, 0.25) is 5.02 Å². The topological polar surface area (TPSA) is 40.5 Å². The molecule has 1 saturated heterocycles. The van der Waals surface area contributed by atoms with Gasteiger partial charge < -0.3 is 10.0 Å². The van der Waals surface area contributed by atoms with Gasteiger partial charge in [0.1, 0.15) is 0 Å². The third kappa shape index (κ3) is 3.03. The lowest BCUT2D eigenvalue weighted by Crippen LogP contribution is -2.37. The molecule has 1 heterocycles. The number of aliphatic hydroxyl groups is 1. The van der Waals surface area contributed by atoms with Crippen molar-refractivity contribution in [1.29, 1.82) is 0 Å². The molecule has 98 valence electrons. The Bertz CT molecular complexity index is 416. The molecule has 18 heavy (non-hydrogen) atoms. The van der Waals surface area contributed by atoms with Crippen molar-refractivity contribution in [1.82, 2.24) is 4.90 Å². The zero-order chi connectivity index (χ0) is 13.1. The van der Waals surface area contributed by atoms with Gasteiger partial charge in [-0.05, 0) is 50.5 Å². The van der Waals surface area contributed by atoms with Gasteiger partial charge in [0.25, 0.3) is 5.91 Å². The fourth-order valence-corrected chi connectivity index (χ4v) is 2.63. The average Bonchev–Trinajstić information content (AvgIpc) is 2.76. The molecule has 0 spiro atoms. The minimum atomic E-state index is -0.367. The lowest BCUT2D eigenvalue weighted by atomic mass is 10.1. The number of likely N-dealkylation sites (tertiary alicyclic amines) is 1. The standard InChI is InChI=1S/C14H18ClNO2/c1-10(17)9-13-3-2-8-16(13)14(18)11-4-6-12(15)7-5-11/h4-7,10,13,17H,2-3,8-9H2,1H3. The maximum atomic E-state index is 12.4. The Morgan fingerprint density at radius 3 is 2.78 bits per heavy atom. The van der Waals surface area contributed by atoms with Crippen molar-refractivity contribution in [3.05, 3.63) is 34.9 Å². The highest BCUT2D eigenvalue weighted by atomic mass is 35.5. The fourth-order valence-electron chi connectivity index (χ4n) is 2.50. The van der Waals surface area contributed by atoms with Crippen LogP contribution in [0.4, 0.5) is 0 Å². The summed E-state index contributed by atoms with van der Waals surface area (Å²) in [5.41, 5.74) is 0.664. The molecule has 0 aromatic heterocycles. The number of nitrogens with zero attached hydrogens (tertiary/aromatic N) is 1. The molecule has 1 aromatic rings. The van der Waals surface area contributed by atoms with E-state index in [1.807, 2.05) is 4.90 Å². The van der Waals surface area contributed by atoms with Gasteiger partial charge in [0, 0.05) is 23.2 Å². The van der Waals surface area contributed by atoms with Crippen LogP contribution in [0, 0.1) is 0 Å². The second-order valence-corrected chi connectivity index (χ2v) is 5.32. The first-order valence-electron chi connectivity index (χ1n) is 6.32. The van der Waals surface area contributed by atoms with Crippen molar-refractivity contribution in [2.75, 3.05) is 6.54 Å². The largest absolute Gasteiger partial charge is 0.393 e. The van der Waals surface area contributed by atoms with Crippen molar-refractivity contribution in [3.63, 3.8) is 0 Å². The van der Waals surface area contributed by atoms with Crippen LogP contribution in [-0.2, 0) is 0 Å². The predicted octanol–water partition coefficient (Wildman–Crippen LogP) is 2.72. The van der Waals surface area contributed by atoms with E-state index in [1.54, 1.807) is 31.2 Å². The van der Waals surface area contributed by atoms with Gasteiger partial charge in [-0.15, -0.1) is 0 Å². The fraction of sp³-hybridized carbons (Fsp3) is 0.500. The number of hydrogen-bond donors (Lipinski definition) is 1. The van der Waals surface area contributed by atoms with Gasteiger partial charge in [0.05, 0.1) is 6.10 Å². The van der Waals surface area contributed by atoms with E-state index in [2.05, 4.69) is 0 Å². The molecule has 2 unspecified atom stereocenters. The second-order valence-electron chi connectivity index (χ2n) is 4.89. The number of halogens is 1. The molecule has 1 aliphatic rings. The van der Waals surface area contributed by atoms with E-state index in [-0.39, 0.29) is 18.1 Å². The first kappa shape index (κ1) is 13.4. The number of carbonyl (C=O) groups excluding carboxylic acids is 1. The summed E-state index contributed by atoms with van der Waals surface area (Å²) in [6, 6.07) is 7.13. The number of amides is 1. The Hall–Kier alpha value is -1.06. The zero-order valence-electron chi connectivity index (χ0n) is 10.5. The van der Waals surface area contributed by atoms with Gasteiger partial charge in [-0.1, -0.05) is 11.6 Å². The van der Waals surface area contributed by atoms with E-state index < -0.39 is 0 Å². The van der Waals surface area contributed by atoms with E-state index in [0.717, 1.165) is 19.4 Å². The van der Waals surface area contributed by atoms with Crippen LogP contribution in [0.25, 0.3) is 0 Å². The van der Waals surface area contributed by atoms with Crippen LogP contribution in [-0.4, -0.2) is 34.6 Å². The zero-order valence-corrected chi connectivity index (χ0v) is 11.2. The van der Waals surface area contributed by atoms with E-state index in [4.69, 9.17) is 11.6 Å². The monoisotopic (exact) mass is 267 g/mol. The number of benzene rings is 1. The molecule has 0 aliphatic carbocycles. The number of aliphatic hydroxyl groups excluding tert-OH is 1. The first-order valence-corrected chi connectivity index (χ1v) is 6.70. The summed E-state index contributed by atoms with van der Waals surface area (Å²) in [5, 5.41) is 10.1. The molecule has 2 rings (SSSR count). The average molecular weight is 268 g/mol. The highest BCUT2D eigenvalue weighted by molar-refractivity contribution is 6.30. The second kappa shape index (κ2) is 5.72. The van der Waals surface area contributed by atoms with Crippen molar-refractivity contribution < 1.29 is 9.90 Å². The van der Waals surface area contributed by atoms with Crippen LogP contribution in [0.15, 0.2) is 24.3 Å². The Kier molecular flexibility index (Phi) is 4.25. The molecule has 1 aliphatic heterocycles. The molecular formula is C14H18ClNO2. The van der Waals surface area contributed by atoms with Crippen molar-refractivity contribution >= 4 is 17.5 Å². The van der Waals surface area contributed by atoms with E-state index in [1.165, 1.54) is 0 Å². The third-order valence-corrected chi connectivity index (χ3v) is 3.59. The summed E-state index contributed by atoms with van der Waals surface area (Å²) in [6.07, 6.45) is 2.27. The number of hydrogen-bond acceptors (Lipinski definition) is 2. The Morgan fingerprint density at radius 1 is 1.50 bits per heavy atom. The number of carbonyl (C=O) groups is 1. The molecule has 0 bridgehead atoms. The first-order chi connectivity index (χ1) is 8.58. The summed E-state index contributed by atoms with van der Waals surface area (Å²) >= 11 is 5.82. The third-order valence-electron chi connectivity index (χ3n) is 3.34. The summed E-state index contributed by atoms with van der Waals surface area (Å²) in [5.74, 6) is 0.0369. The predicted molar refractivity (Wildman–Crippen MR) is 71.8 cm³/mol. The van der Waals surface area contributed by atoms with Crippen LogP contribution in [0.1, 0.15) is 36.5 Å². The van der Waals surface area contributed by atoms with Gasteiger partial charge in [0.15, 0.2) is 0 Å². The quantitative estimate of drug-likeness (QED) is 0.915. The Balaban J connectivity index is 2.10. The minimum Gasteiger partial charge on any atom is -0.393 e. The van der Waals surface area contributed by atoms with E-state index in [9.17, 15) is 9.90 Å². The van der Waals surface area contributed by atoms with Gasteiger partial charge in [0.2, 0.25) is 0 Å². The Labute approximate surface area is 112 Å². The SMILES string of the molecule is CC(O)CC1CCCN1C(=O)c1ccc(Cl)cc1. The minimum absolute atomic E-state index is 0.0369. The van der Waals surface area contributed by atoms with Gasteiger partial charge >= 0.3 is 0 Å². The Morgan fingerprint density at radius 2 is 2.17 bits per heavy atom. The van der Waals surface area contributed by atoms with Crippen LogP contribution >= 0.6 is 11.6 Å². The van der Waals surface area contributed by atoms with Crippen molar-refractivity contribution in [2.45, 2.75) is 38.3 Å². The van der Waals surface area contributed by atoms with E-state index >= 15 is 0 Å². The highest BCUT2D eigenvalue weighted by Crippen LogP contribution is 2.24. The lowest BCUT2D eigenvalue weighted by molar-refractivity contribution is 0.0682. The molecule has 4 heteroatoms. The molecular weight excluding hydrogens is 250 g/mol.